The standard InChI is InChI=1S/C32H26NO.C12H10N.Ir/c1-32(2,3)20-21-17-18-33-28(19-21)23-13-11-22(12-14-23)24-8-6-9-26-25(24)15-16-30-31(26)27-7-4-5-10-29(27)34-30;1-10-7-8-12(13-9-10)11-5-3-2-4-6-11;/h4-13,15-19H,20H2,1-3H3;2-5,7-9H,1H3;/q2*-1;/i20D2;;. The van der Waals surface area contributed by atoms with Crippen LogP contribution in [0, 0.1) is 24.5 Å². The Kier molecular flexibility index (Phi) is 8.93. The Morgan fingerprint density at radius 1 is 0.708 bits per heavy atom. The van der Waals surface area contributed by atoms with Gasteiger partial charge in [0.1, 0.15) is 11.2 Å². The summed E-state index contributed by atoms with van der Waals surface area (Å²) in [5.74, 6) is 0. The molecule has 0 bridgehead atoms. The molecule has 8 rings (SSSR count). The maximum absolute atomic E-state index is 8.62. The topological polar surface area (TPSA) is 38.9 Å². The summed E-state index contributed by atoms with van der Waals surface area (Å²) >= 11 is 0. The SMILES string of the molecule is Cc1ccc(-c2[c-]cccc2)nc1.[2H]C([2H])(c1ccnc(-c2[c-]cc(-c3cccc4c3ccc3oc5ccccc5c34)cc2)c1)C(C)(C)C.[Ir]. The number of para-hydroxylation sites is 1. The second-order valence-electron chi connectivity index (χ2n) is 12.7. The average molecular weight is 803 g/mol. The maximum atomic E-state index is 8.62. The van der Waals surface area contributed by atoms with Gasteiger partial charge in [-0.2, -0.15) is 0 Å². The first-order valence-electron chi connectivity index (χ1n) is 16.8. The van der Waals surface area contributed by atoms with Crippen LogP contribution < -0.4 is 0 Å². The number of furan rings is 1. The minimum absolute atomic E-state index is 0. The van der Waals surface area contributed by atoms with Gasteiger partial charge >= 0.3 is 0 Å². The molecule has 3 nitrogen and oxygen atoms in total. The molecule has 3 aromatic heterocycles. The van der Waals surface area contributed by atoms with Crippen molar-refractivity contribution >= 4 is 32.7 Å². The molecule has 0 atom stereocenters. The molecule has 0 aliphatic heterocycles. The molecule has 0 N–H and O–H groups in total. The zero-order chi connectivity index (χ0) is 34.2. The van der Waals surface area contributed by atoms with Crippen LogP contribution in [0.3, 0.4) is 0 Å². The molecule has 0 fully saturated rings. The van der Waals surface area contributed by atoms with Gasteiger partial charge in [0, 0.05) is 46.0 Å². The van der Waals surface area contributed by atoms with E-state index in [0.29, 0.717) is 5.56 Å². The van der Waals surface area contributed by atoms with Crippen LogP contribution in [0.4, 0.5) is 0 Å². The van der Waals surface area contributed by atoms with Crippen LogP contribution in [0.2, 0.25) is 0 Å². The van der Waals surface area contributed by atoms with E-state index in [9.17, 15) is 0 Å². The van der Waals surface area contributed by atoms with Gasteiger partial charge in [0.2, 0.25) is 0 Å². The fraction of sp³-hybridized carbons (Fsp3) is 0.136. The third-order valence-electron chi connectivity index (χ3n) is 7.97. The van der Waals surface area contributed by atoms with Gasteiger partial charge in [-0.3, -0.25) is 0 Å². The van der Waals surface area contributed by atoms with Gasteiger partial charge < -0.3 is 14.4 Å². The van der Waals surface area contributed by atoms with Gasteiger partial charge in [0.15, 0.2) is 0 Å². The minimum atomic E-state index is -1.48. The third kappa shape index (κ3) is 7.16. The summed E-state index contributed by atoms with van der Waals surface area (Å²) in [6, 6.07) is 46.9. The Morgan fingerprint density at radius 3 is 2.27 bits per heavy atom. The molecular formula is C44H36IrN2O-2. The summed E-state index contributed by atoms with van der Waals surface area (Å²) in [5.41, 5.74) is 8.85. The van der Waals surface area contributed by atoms with Gasteiger partial charge in [-0.05, 0) is 64.6 Å². The van der Waals surface area contributed by atoms with Crippen LogP contribution >= 0.6 is 0 Å². The molecule has 5 aromatic carbocycles. The number of hydrogen-bond acceptors (Lipinski definition) is 3. The summed E-state index contributed by atoms with van der Waals surface area (Å²) < 4.78 is 23.3. The number of benzene rings is 5. The molecule has 0 spiro atoms. The summed E-state index contributed by atoms with van der Waals surface area (Å²) in [5, 5.41) is 4.59. The smallest absolute Gasteiger partial charge is 0.136 e. The molecule has 0 saturated carbocycles. The maximum Gasteiger partial charge on any atom is 0.136 e. The molecule has 0 saturated heterocycles. The van der Waals surface area contributed by atoms with Crippen molar-refractivity contribution in [2.75, 3.05) is 0 Å². The number of aromatic nitrogens is 2. The van der Waals surface area contributed by atoms with E-state index in [1.807, 2.05) is 101 Å². The zero-order valence-electron chi connectivity index (χ0n) is 29.3. The molecule has 8 aromatic rings. The van der Waals surface area contributed by atoms with E-state index in [0.717, 1.165) is 66.4 Å². The molecule has 0 aliphatic carbocycles. The largest absolute Gasteiger partial charge is 0.456 e. The second kappa shape index (κ2) is 14.1. The van der Waals surface area contributed by atoms with E-state index in [1.165, 1.54) is 5.56 Å². The summed E-state index contributed by atoms with van der Waals surface area (Å²) in [6.45, 7) is 7.78. The number of rotatable bonds is 4. The van der Waals surface area contributed by atoms with Crippen LogP contribution in [0.1, 0.15) is 34.6 Å². The number of aryl methyl sites for hydroxylation is 1. The van der Waals surface area contributed by atoms with E-state index in [2.05, 4.69) is 70.6 Å². The molecule has 4 heteroatoms. The summed E-state index contributed by atoms with van der Waals surface area (Å²) in [4.78, 5) is 8.82. The van der Waals surface area contributed by atoms with Crippen molar-refractivity contribution in [3.05, 3.63) is 157 Å². The van der Waals surface area contributed by atoms with Crippen LogP contribution in [0.15, 0.2) is 138 Å². The number of pyridine rings is 2. The predicted molar refractivity (Wildman–Crippen MR) is 195 cm³/mol. The summed E-state index contributed by atoms with van der Waals surface area (Å²) in [6.07, 6.45) is 2.08. The van der Waals surface area contributed by atoms with Gasteiger partial charge in [-0.15, -0.1) is 65.7 Å². The van der Waals surface area contributed by atoms with E-state index in [1.54, 1.807) is 12.3 Å². The van der Waals surface area contributed by atoms with Crippen molar-refractivity contribution in [1.82, 2.24) is 9.97 Å². The quantitative estimate of drug-likeness (QED) is 0.166. The number of hydrogen-bond donors (Lipinski definition) is 0. The molecule has 0 unspecified atom stereocenters. The molecule has 48 heavy (non-hydrogen) atoms. The fourth-order valence-corrected chi connectivity index (χ4v) is 5.85. The van der Waals surface area contributed by atoms with E-state index in [4.69, 9.17) is 7.16 Å². The summed E-state index contributed by atoms with van der Waals surface area (Å²) in [7, 11) is 0. The van der Waals surface area contributed by atoms with Crippen molar-refractivity contribution in [1.29, 1.82) is 0 Å². The number of nitrogens with zero attached hydrogens (tertiary/aromatic N) is 2. The first kappa shape index (κ1) is 30.4. The first-order chi connectivity index (χ1) is 23.6. The number of fused-ring (bicyclic) bond motifs is 5. The molecule has 3 heterocycles. The fourth-order valence-electron chi connectivity index (χ4n) is 5.85. The first-order valence-corrected chi connectivity index (χ1v) is 15.8. The van der Waals surface area contributed by atoms with E-state index in [-0.39, 0.29) is 20.1 Å². The van der Waals surface area contributed by atoms with Crippen LogP contribution in [0.5, 0.6) is 0 Å². The van der Waals surface area contributed by atoms with Crippen molar-refractivity contribution in [2.45, 2.75) is 34.1 Å². The molecule has 0 amide bonds. The van der Waals surface area contributed by atoms with Crippen molar-refractivity contribution in [3.8, 4) is 33.6 Å². The van der Waals surface area contributed by atoms with E-state index < -0.39 is 11.8 Å². The Balaban J connectivity index is 0.000000260. The van der Waals surface area contributed by atoms with Crippen LogP contribution in [0.25, 0.3) is 66.4 Å². The van der Waals surface area contributed by atoms with Crippen molar-refractivity contribution < 1.29 is 27.3 Å². The van der Waals surface area contributed by atoms with E-state index >= 15 is 0 Å². The molecular weight excluding hydrogens is 765 g/mol. The molecule has 1 radical (unpaired) electrons. The Hall–Kier alpha value is -4.89. The predicted octanol–water partition coefficient (Wildman–Crippen LogP) is 11.7. The van der Waals surface area contributed by atoms with Gasteiger partial charge in [0.25, 0.3) is 0 Å². The Bertz CT molecular complexity index is 2400. The van der Waals surface area contributed by atoms with Gasteiger partial charge in [0.05, 0.1) is 0 Å². The normalized spacial score (nSPS) is 12.2. The average Bonchev–Trinajstić information content (AvgIpc) is 3.51. The third-order valence-corrected chi connectivity index (χ3v) is 7.97. The monoisotopic (exact) mass is 803 g/mol. The van der Waals surface area contributed by atoms with Crippen LogP contribution in [-0.2, 0) is 26.5 Å². The van der Waals surface area contributed by atoms with Crippen molar-refractivity contribution in [2.24, 2.45) is 5.41 Å². The minimum Gasteiger partial charge on any atom is -0.456 e. The van der Waals surface area contributed by atoms with Crippen LogP contribution in [-0.4, -0.2) is 9.97 Å². The second-order valence-corrected chi connectivity index (χ2v) is 12.7. The Labute approximate surface area is 298 Å². The molecule has 0 aliphatic rings. The van der Waals surface area contributed by atoms with Gasteiger partial charge in [-0.1, -0.05) is 98.1 Å². The molecule has 239 valence electrons. The zero-order valence-corrected chi connectivity index (χ0v) is 29.7. The van der Waals surface area contributed by atoms with Gasteiger partial charge in [-0.25, -0.2) is 0 Å². The van der Waals surface area contributed by atoms with Crippen molar-refractivity contribution in [3.63, 3.8) is 0 Å². The Morgan fingerprint density at radius 2 is 1.52 bits per heavy atom.